The zero-order valence-corrected chi connectivity index (χ0v) is 12.3. The van der Waals surface area contributed by atoms with E-state index in [0.29, 0.717) is 18.1 Å². The molecule has 0 saturated carbocycles. The van der Waals surface area contributed by atoms with E-state index in [2.05, 4.69) is 17.3 Å². The molecule has 3 rings (SSSR count). The molecule has 0 spiro atoms. The van der Waals surface area contributed by atoms with Crippen molar-refractivity contribution in [3.05, 3.63) is 35.6 Å². The van der Waals surface area contributed by atoms with Crippen molar-refractivity contribution in [1.82, 2.24) is 10.2 Å². The third kappa shape index (κ3) is 2.89. The van der Waals surface area contributed by atoms with E-state index in [-0.39, 0.29) is 5.82 Å². The Hall–Kier alpha value is -0.930. The van der Waals surface area contributed by atoms with Crippen molar-refractivity contribution in [3.63, 3.8) is 0 Å². The molecule has 2 nitrogen and oxygen atoms in total. The third-order valence-electron chi connectivity index (χ3n) is 5.13. The van der Waals surface area contributed by atoms with Crippen LogP contribution in [-0.2, 0) is 6.42 Å². The number of piperidine rings is 2. The van der Waals surface area contributed by atoms with Crippen molar-refractivity contribution in [2.45, 2.75) is 56.7 Å². The number of rotatable bonds is 4. The van der Waals surface area contributed by atoms with Crippen LogP contribution >= 0.6 is 0 Å². The molecular weight excluding hydrogens is 251 g/mol. The van der Waals surface area contributed by atoms with Crippen molar-refractivity contribution in [3.8, 4) is 0 Å². The fourth-order valence-corrected chi connectivity index (χ4v) is 4.03. The molecule has 2 bridgehead atoms. The summed E-state index contributed by atoms with van der Waals surface area (Å²) < 4.78 is 13.7. The smallest absolute Gasteiger partial charge is 0.126 e. The van der Waals surface area contributed by atoms with E-state index in [1.54, 1.807) is 12.1 Å². The van der Waals surface area contributed by atoms with Crippen LogP contribution in [0.25, 0.3) is 0 Å². The van der Waals surface area contributed by atoms with Crippen LogP contribution in [0.4, 0.5) is 4.39 Å². The first-order chi connectivity index (χ1) is 9.78. The minimum atomic E-state index is -0.0530. The summed E-state index contributed by atoms with van der Waals surface area (Å²) in [6, 6.07) is 9.28. The molecule has 2 aliphatic heterocycles. The fraction of sp³-hybridized carbons (Fsp3) is 0.647. The van der Waals surface area contributed by atoms with E-state index in [1.165, 1.54) is 32.1 Å². The molecule has 2 heterocycles. The molecule has 0 aromatic heterocycles. The van der Waals surface area contributed by atoms with Gasteiger partial charge in [0.25, 0.3) is 0 Å². The van der Waals surface area contributed by atoms with Crippen molar-refractivity contribution < 1.29 is 4.39 Å². The van der Waals surface area contributed by atoms with Crippen molar-refractivity contribution >= 4 is 0 Å². The predicted octanol–water partition coefficient (Wildman–Crippen LogP) is 2.97. The number of fused-ring (bicyclic) bond motifs is 2. The van der Waals surface area contributed by atoms with Gasteiger partial charge in [0, 0.05) is 24.7 Å². The molecule has 110 valence electrons. The fourth-order valence-electron chi connectivity index (χ4n) is 4.03. The van der Waals surface area contributed by atoms with Crippen LogP contribution in [0.15, 0.2) is 24.3 Å². The highest BCUT2D eigenvalue weighted by molar-refractivity contribution is 5.17. The molecule has 20 heavy (non-hydrogen) atoms. The second kappa shape index (κ2) is 6.23. The first-order valence-electron chi connectivity index (χ1n) is 7.94. The number of nitrogens with zero attached hydrogens (tertiary/aromatic N) is 1. The van der Waals surface area contributed by atoms with E-state index >= 15 is 0 Å². The quantitative estimate of drug-likeness (QED) is 0.909. The minimum absolute atomic E-state index is 0.0530. The molecule has 2 fully saturated rings. The lowest BCUT2D eigenvalue weighted by molar-refractivity contribution is 0.0269. The van der Waals surface area contributed by atoms with E-state index in [0.717, 1.165) is 18.5 Å². The Morgan fingerprint density at radius 2 is 1.90 bits per heavy atom. The van der Waals surface area contributed by atoms with Gasteiger partial charge in [-0.2, -0.15) is 0 Å². The molecule has 0 radical (unpaired) electrons. The van der Waals surface area contributed by atoms with Gasteiger partial charge in [-0.05, 0) is 50.8 Å². The lowest BCUT2D eigenvalue weighted by Gasteiger charge is -2.49. The first kappa shape index (κ1) is 14.0. The van der Waals surface area contributed by atoms with Gasteiger partial charge < -0.3 is 5.32 Å². The van der Waals surface area contributed by atoms with Gasteiger partial charge in [0.1, 0.15) is 5.82 Å². The standard InChI is InChI=1S/C17H25FN2/c1-19-14-11-15-6-4-7-16(12-14)20(15)10-9-13-5-2-3-8-17(13)18/h2-3,5,8,14-16,19H,4,6-7,9-12H2,1H3. The molecule has 1 aromatic rings. The number of hydrogen-bond donors (Lipinski definition) is 1. The molecule has 3 heteroatoms. The second-order valence-electron chi connectivity index (χ2n) is 6.27. The molecule has 0 amide bonds. The molecule has 2 unspecified atom stereocenters. The maximum atomic E-state index is 13.7. The Morgan fingerprint density at radius 3 is 2.55 bits per heavy atom. The van der Waals surface area contributed by atoms with E-state index < -0.39 is 0 Å². The largest absolute Gasteiger partial charge is 0.317 e. The summed E-state index contributed by atoms with van der Waals surface area (Å²) in [6.07, 6.45) is 7.33. The highest BCUT2D eigenvalue weighted by Crippen LogP contribution is 2.34. The van der Waals surface area contributed by atoms with E-state index in [9.17, 15) is 4.39 Å². The Morgan fingerprint density at radius 1 is 1.20 bits per heavy atom. The molecular formula is C17H25FN2. The summed E-state index contributed by atoms with van der Waals surface area (Å²) in [5, 5.41) is 3.45. The molecule has 2 saturated heterocycles. The number of halogens is 1. The van der Waals surface area contributed by atoms with Crippen molar-refractivity contribution in [2.24, 2.45) is 0 Å². The first-order valence-corrected chi connectivity index (χ1v) is 7.94. The molecule has 1 N–H and O–H groups in total. The van der Waals surface area contributed by atoms with Crippen LogP contribution in [0.1, 0.15) is 37.7 Å². The summed E-state index contributed by atoms with van der Waals surface area (Å²) in [4.78, 5) is 2.66. The van der Waals surface area contributed by atoms with Crippen LogP contribution in [0.5, 0.6) is 0 Å². The summed E-state index contributed by atoms with van der Waals surface area (Å²) >= 11 is 0. The van der Waals surface area contributed by atoms with Gasteiger partial charge in [-0.15, -0.1) is 0 Å². The molecule has 0 aliphatic carbocycles. The number of benzene rings is 1. The number of nitrogens with one attached hydrogen (secondary N) is 1. The summed E-state index contributed by atoms with van der Waals surface area (Å²) in [5.74, 6) is -0.0530. The van der Waals surface area contributed by atoms with Gasteiger partial charge in [0.2, 0.25) is 0 Å². The van der Waals surface area contributed by atoms with Crippen LogP contribution in [0.3, 0.4) is 0 Å². The third-order valence-corrected chi connectivity index (χ3v) is 5.13. The summed E-state index contributed by atoms with van der Waals surface area (Å²) in [6.45, 7) is 1.01. The van der Waals surface area contributed by atoms with E-state index in [4.69, 9.17) is 0 Å². The normalized spacial score (nSPS) is 30.4. The maximum absolute atomic E-state index is 13.7. The molecule has 2 atom stereocenters. The van der Waals surface area contributed by atoms with Gasteiger partial charge in [0.05, 0.1) is 0 Å². The predicted molar refractivity (Wildman–Crippen MR) is 80.3 cm³/mol. The summed E-state index contributed by atoms with van der Waals surface area (Å²) in [5.41, 5.74) is 0.862. The van der Waals surface area contributed by atoms with Crippen LogP contribution in [-0.4, -0.2) is 36.6 Å². The summed E-state index contributed by atoms with van der Waals surface area (Å²) in [7, 11) is 2.08. The topological polar surface area (TPSA) is 15.3 Å². The SMILES string of the molecule is CNC1CC2CCCC(C1)N2CCc1ccccc1F. The average molecular weight is 276 g/mol. The van der Waals surface area contributed by atoms with Crippen molar-refractivity contribution in [2.75, 3.05) is 13.6 Å². The average Bonchev–Trinajstić information content (AvgIpc) is 2.45. The molecule has 1 aromatic carbocycles. The minimum Gasteiger partial charge on any atom is -0.317 e. The molecule has 2 aliphatic rings. The monoisotopic (exact) mass is 276 g/mol. The highest BCUT2D eigenvalue weighted by Gasteiger charge is 2.37. The van der Waals surface area contributed by atoms with Gasteiger partial charge in [-0.3, -0.25) is 4.90 Å². The zero-order chi connectivity index (χ0) is 13.9. The van der Waals surface area contributed by atoms with Gasteiger partial charge in [0.15, 0.2) is 0 Å². The lowest BCUT2D eigenvalue weighted by atomic mass is 9.81. The van der Waals surface area contributed by atoms with E-state index in [1.807, 2.05) is 12.1 Å². The van der Waals surface area contributed by atoms with Crippen LogP contribution < -0.4 is 5.32 Å². The highest BCUT2D eigenvalue weighted by atomic mass is 19.1. The van der Waals surface area contributed by atoms with Gasteiger partial charge >= 0.3 is 0 Å². The maximum Gasteiger partial charge on any atom is 0.126 e. The van der Waals surface area contributed by atoms with Gasteiger partial charge in [-0.1, -0.05) is 24.6 Å². The zero-order valence-electron chi connectivity index (χ0n) is 12.3. The Kier molecular flexibility index (Phi) is 4.37. The van der Waals surface area contributed by atoms with Gasteiger partial charge in [-0.25, -0.2) is 4.39 Å². The van der Waals surface area contributed by atoms with Crippen molar-refractivity contribution in [1.29, 1.82) is 0 Å². The Bertz CT molecular complexity index is 434. The Balaban J connectivity index is 1.64. The number of hydrogen-bond acceptors (Lipinski definition) is 2. The van der Waals surface area contributed by atoms with Crippen LogP contribution in [0.2, 0.25) is 0 Å². The second-order valence-corrected chi connectivity index (χ2v) is 6.27. The lowest BCUT2D eigenvalue weighted by Crippen LogP contribution is -2.56. The van der Waals surface area contributed by atoms with Crippen LogP contribution in [0, 0.1) is 5.82 Å². The Labute approximate surface area is 121 Å².